The van der Waals surface area contributed by atoms with Gasteiger partial charge in [-0.25, -0.2) is 0 Å². The first kappa shape index (κ1) is 55.7. The van der Waals surface area contributed by atoms with Crippen LogP contribution in [0.5, 0.6) is 0 Å². The van der Waals surface area contributed by atoms with Gasteiger partial charge in [-0.1, -0.05) is 83.3 Å². The Morgan fingerprint density at radius 3 is 1.34 bits per heavy atom. The van der Waals surface area contributed by atoms with Crippen molar-refractivity contribution in [1.29, 1.82) is 0 Å². The van der Waals surface area contributed by atoms with Crippen molar-refractivity contribution >= 4 is 165 Å². The molecule has 0 bridgehead atoms. The van der Waals surface area contributed by atoms with E-state index >= 15 is 0 Å². The van der Waals surface area contributed by atoms with Crippen LogP contribution in [0.2, 0.25) is 0 Å². The predicted octanol–water partition coefficient (Wildman–Crippen LogP) is 14.4. The Morgan fingerprint density at radius 2 is 0.898 bits per heavy atom. The molecule has 8 nitrogen and oxygen atoms in total. The Balaban J connectivity index is 1.74. The second-order valence-electron chi connectivity index (χ2n) is 15.0. The zero-order valence-electron chi connectivity index (χ0n) is 34.6. The predicted molar refractivity (Wildman–Crippen MR) is 294 cm³/mol. The summed E-state index contributed by atoms with van der Waals surface area (Å²) in [6.45, 7) is 1.97. The Kier molecular flexibility index (Phi) is 32.1. The minimum Gasteiger partial charge on any atom is -0.462 e. The van der Waals surface area contributed by atoms with Crippen molar-refractivity contribution in [2.24, 2.45) is 0 Å². The smallest absolute Gasteiger partial charge is 0.306 e. The van der Waals surface area contributed by atoms with Gasteiger partial charge in [0.2, 0.25) is 0 Å². The number of anilines is 2. The van der Waals surface area contributed by atoms with E-state index in [1.807, 2.05) is 0 Å². The Hall–Kier alpha value is 0.570. The highest BCUT2D eigenvalue weighted by atomic mass is 127. The van der Waals surface area contributed by atoms with Gasteiger partial charge in [0.05, 0.1) is 11.4 Å². The van der Waals surface area contributed by atoms with Gasteiger partial charge in [-0.2, -0.15) is 0 Å². The second-order valence-corrected chi connectivity index (χ2v) is 21.8. The topological polar surface area (TPSA) is 131 Å². The maximum atomic E-state index is 12.8. The quantitative estimate of drug-likeness (QED) is 0.0185. The number of rotatable bonds is 32. The van der Waals surface area contributed by atoms with E-state index in [0.717, 1.165) is 103 Å². The highest BCUT2D eigenvalue weighted by Crippen LogP contribution is 2.32. The third-order valence-corrected chi connectivity index (χ3v) is 16.2. The van der Waals surface area contributed by atoms with E-state index in [9.17, 15) is 14.4 Å². The van der Waals surface area contributed by atoms with Crippen molar-refractivity contribution < 1.29 is 28.6 Å². The van der Waals surface area contributed by atoms with Crippen LogP contribution < -0.4 is 11.5 Å². The Labute approximate surface area is 436 Å². The number of carbonyl (C=O) groups excluding carboxylic acids is 3. The molecule has 2 aromatic rings. The molecule has 0 aliphatic rings. The number of benzene rings is 2. The van der Waals surface area contributed by atoms with Crippen LogP contribution in [-0.4, -0.2) is 37.2 Å². The summed E-state index contributed by atoms with van der Waals surface area (Å²) in [5.41, 5.74) is 16.6. The summed E-state index contributed by atoms with van der Waals surface area (Å²) in [5, 5.41) is 0. The number of nitrogens with two attached hydrogens (primary N) is 2. The molecule has 332 valence electrons. The third kappa shape index (κ3) is 24.4. The summed E-state index contributed by atoms with van der Waals surface area (Å²) in [7, 11) is 0. The van der Waals surface area contributed by atoms with Crippen LogP contribution >= 0.6 is 136 Å². The second kappa shape index (κ2) is 34.0. The van der Waals surface area contributed by atoms with Gasteiger partial charge >= 0.3 is 17.9 Å². The zero-order valence-corrected chi connectivity index (χ0v) is 47.6. The molecule has 0 aromatic heterocycles. The molecule has 0 aliphatic carbocycles. The molecule has 0 atom stereocenters. The van der Waals surface area contributed by atoms with Crippen molar-refractivity contribution in [1.82, 2.24) is 0 Å². The lowest BCUT2D eigenvalue weighted by Gasteiger charge is -2.18. The van der Waals surface area contributed by atoms with E-state index in [2.05, 4.69) is 167 Å². The zero-order chi connectivity index (χ0) is 43.4. The maximum absolute atomic E-state index is 12.8. The van der Waals surface area contributed by atoms with Crippen LogP contribution in [0.25, 0.3) is 0 Å². The minimum atomic E-state index is -0.843. The Morgan fingerprint density at radius 1 is 0.525 bits per heavy atom. The van der Waals surface area contributed by atoms with Crippen molar-refractivity contribution in [3.63, 3.8) is 0 Å². The molecule has 0 unspecified atom stereocenters. The van der Waals surface area contributed by atoms with Gasteiger partial charge in [0.1, 0.15) is 13.2 Å². The number of ether oxygens (including phenoxy) is 3. The molecule has 4 N–H and O–H groups in total. The average Bonchev–Trinajstić information content (AvgIpc) is 3.20. The molecular weight excluding hydrogens is 1430 g/mol. The highest BCUT2D eigenvalue weighted by Gasteiger charge is 2.20. The molecule has 0 spiro atoms. The fourth-order valence-corrected chi connectivity index (χ4v) is 14.3. The highest BCUT2D eigenvalue weighted by molar-refractivity contribution is 14.1. The van der Waals surface area contributed by atoms with Gasteiger partial charge in [-0.05, 0) is 229 Å². The summed E-state index contributed by atoms with van der Waals surface area (Å²) in [6.07, 6.45) is 26.8. The monoisotopic (exact) mass is 1490 g/mol. The summed E-state index contributed by atoms with van der Waals surface area (Å²) in [6, 6.07) is 4.21. The van der Waals surface area contributed by atoms with Gasteiger partial charge in [0, 0.05) is 40.7 Å². The number of allylic oxidation sites excluding steroid dienone is 2. The van der Waals surface area contributed by atoms with Gasteiger partial charge in [-0.15, -0.1) is 0 Å². The molecule has 2 aromatic carbocycles. The van der Waals surface area contributed by atoms with Crippen LogP contribution in [0.4, 0.5) is 11.4 Å². The van der Waals surface area contributed by atoms with Crippen molar-refractivity contribution in [3.05, 3.63) is 56.8 Å². The van der Waals surface area contributed by atoms with E-state index in [1.165, 1.54) is 63.2 Å². The number of carbonyl (C=O) groups is 3. The number of nitrogen functional groups attached to an aromatic ring is 2. The SMILES string of the molecule is CCCCCCCCC=CCCCCCCCC(=O)OC(COC(=O)CCCCCc1c(I)cc(I)c(N)c1I)COC(=O)CCCCCc1c(I)cc(I)c(N)c1I. The fraction of sp³-hybridized carbons (Fsp3) is 0.622. The van der Waals surface area contributed by atoms with E-state index in [4.69, 9.17) is 25.7 Å². The van der Waals surface area contributed by atoms with Gasteiger partial charge in [-0.3, -0.25) is 14.4 Å². The maximum Gasteiger partial charge on any atom is 0.306 e. The fourth-order valence-electron chi connectivity index (χ4n) is 6.47. The number of unbranched alkanes of at least 4 members (excludes halogenated alkanes) is 15. The first-order valence-corrected chi connectivity index (χ1v) is 27.8. The molecule has 0 radical (unpaired) electrons. The molecular formula is C45H64I6N2O6. The summed E-state index contributed by atoms with van der Waals surface area (Å²) >= 11 is 13.9. The van der Waals surface area contributed by atoms with E-state index in [0.29, 0.717) is 12.8 Å². The Bertz CT molecular complexity index is 1520. The third-order valence-electron chi connectivity index (χ3n) is 10.0. The lowest BCUT2D eigenvalue weighted by molar-refractivity contribution is -0.167. The number of hydrogen-bond acceptors (Lipinski definition) is 8. The number of esters is 3. The standard InChI is InChI=1S/C45H64I6N2O6/c1-2-3-4-5-6-7-8-9-10-11-12-13-14-15-20-27-41(56)59-32(30-57-39(54)25-21-16-18-23-33-35(46)28-37(48)44(52)42(33)50)31-58-40(55)26-22-17-19-24-34-36(47)29-38(49)45(53)43(34)51/h9-10,28-29,32H,2-8,11-27,30-31,52-53H2,1H3. The number of halogens is 6. The van der Waals surface area contributed by atoms with Crippen molar-refractivity contribution in [2.45, 2.75) is 167 Å². The molecule has 0 saturated heterocycles. The van der Waals surface area contributed by atoms with E-state index < -0.39 is 6.10 Å². The van der Waals surface area contributed by atoms with Crippen LogP contribution in [0.1, 0.15) is 159 Å². The lowest BCUT2D eigenvalue weighted by Crippen LogP contribution is -2.30. The molecule has 0 aliphatic heterocycles. The minimum absolute atomic E-state index is 0.140. The van der Waals surface area contributed by atoms with Gasteiger partial charge in [0.25, 0.3) is 0 Å². The molecule has 59 heavy (non-hydrogen) atoms. The molecule has 0 amide bonds. The average molecular weight is 1490 g/mol. The van der Waals surface area contributed by atoms with E-state index in [1.54, 1.807) is 0 Å². The van der Waals surface area contributed by atoms with Gasteiger partial charge < -0.3 is 25.7 Å². The first-order valence-electron chi connectivity index (χ1n) is 21.3. The molecule has 2 rings (SSSR count). The van der Waals surface area contributed by atoms with Crippen LogP contribution in [-0.2, 0) is 41.4 Å². The van der Waals surface area contributed by atoms with Crippen LogP contribution in [0.3, 0.4) is 0 Å². The molecule has 14 heteroatoms. The lowest BCUT2D eigenvalue weighted by atomic mass is 10.1. The molecule has 0 heterocycles. The van der Waals surface area contributed by atoms with Crippen LogP contribution in [0.15, 0.2) is 24.3 Å². The van der Waals surface area contributed by atoms with Gasteiger partial charge in [0.15, 0.2) is 6.10 Å². The summed E-state index contributed by atoms with van der Waals surface area (Å²) in [4.78, 5) is 38.2. The van der Waals surface area contributed by atoms with E-state index in [-0.39, 0.29) is 50.4 Å². The largest absolute Gasteiger partial charge is 0.462 e. The molecule has 0 fully saturated rings. The van der Waals surface area contributed by atoms with Crippen molar-refractivity contribution in [3.8, 4) is 0 Å². The number of hydrogen-bond donors (Lipinski definition) is 2. The van der Waals surface area contributed by atoms with Crippen LogP contribution in [0, 0.1) is 21.4 Å². The normalized spacial score (nSPS) is 11.5. The summed E-state index contributed by atoms with van der Waals surface area (Å²) < 4.78 is 23.5. The summed E-state index contributed by atoms with van der Waals surface area (Å²) in [5.74, 6) is -1.06. The first-order chi connectivity index (χ1) is 28.3. The molecule has 0 saturated carbocycles. The van der Waals surface area contributed by atoms with Crippen molar-refractivity contribution in [2.75, 3.05) is 24.7 Å².